The fraction of sp³-hybridized carbons (Fsp3) is 0.786. The van der Waals surface area contributed by atoms with Crippen LogP contribution in [0.1, 0.15) is 20.3 Å². The number of carbonyl (C=O) groups excluding carboxylic acids is 2. The quantitative estimate of drug-likeness (QED) is 0.559. The largest absolute Gasteiger partial charge is 0.469 e. The van der Waals surface area contributed by atoms with Gasteiger partial charge >= 0.3 is 5.97 Å². The maximum Gasteiger partial charge on any atom is 0.306 e. The first kappa shape index (κ1) is 17.8. The second-order valence-corrected chi connectivity index (χ2v) is 6.09. The number of piperazine rings is 1. The molecule has 1 fully saturated rings. The summed E-state index contributed by atoms with van der Waals surface area (Å²) in [6.45, 7) is 7.37. The summed E-state index contributed by atoms with van der Waals surface area (Å²) in [6, 6.07) is 0. The third-order valence-corrected chi connectivity index (χ3v) is 4.04. The van der Waals surface area contributed by atoms with E-state index >= 15 is 0 Å². The molecule has 1 aliphatic heterocycles. The molecule has 0 aromatic carbocycles. The van der Waals surface area contributed by atoms with Crippen molar-refractivity contribution in [3.05, 3.63) is 0 Å². The highest BCUT2D eigenvalue weighted by Crippen LogP contribution is 2.16. The van der Waals surface area contributed by atoms with Crippen LogP contribution in [-0.2, 0) is 14.3 Å². The van der Waals surface area contributed by atoms with E-state index in [1.165, 1.54) is 7.11 Å². The Balaban J connectivity index is 2.46. The lowest BCUT2D eigenvalue weighted by Crippen LogP contribution is -2.52. The van der Waals surface area contributed by atoms with Gasteiger partial charge in [-0.1, -0.05) is 26.1 Å². The SMILES string of the molecule is COC(=O)CCN1CCN(C(=O)C(C(N)=S)C(C)C)CC1. The van der Waals surface area contributed by atoms with Crippen LogP contribution in [-0.4, -0.2) is 66.5 Å². The van der Waals surface area contributed by atoms with E-state index in [0.29, 0.717) is 26.1 Å². The van der Waals surface area contributed by atoms with E-state index < -0.39 is 0 Å². The molecule has 120 valence electrons. The first-order valence-corrected chi connectivity index (χ1v) is 7.65. The molecule has 2 N–H and O–H groups in total. The van der Waals surface area contributed by atoms with E-state index in [9.17, 15) is 9.59 Å². The van der Waals surface area contributed by atoms with Crippen LogP contribution in [0.15, 0.2) is 0 Å². The minimum absolute atomic E-state index is 0.0186. The van der Waals surface area contributed by atoms with Gasteiger partial charge in [0, 0.05) is 32.7 Å². The number of amides is 1. The van der Waals surface area contributed by atoms with E-state index in [4.69, 9.17) is 18.0 Å². The second-order valence-electron chi connectivity index (χ2n) is 5.62. The molecule has 1 aliphatic rings. The number of thiocarbonyl (C=S) groups is 1. The summed E-state index contributed by atoms with van der Waals surface area (Å²) >= 11 is 5.01. The van der Waals surface area contributed by atoms with Gasteiger partial charge in [-0.2, -0.15) is 0 Å². The van der Waals surface area contributed by atoms with Gasteiger partial charge in [0.25, 0.3) is 0 Å². The number of hydrogen-bond donors (Lipinski definition) is 1. The Kier molecular flexibility index (Phi) is 7.04. The standard InChI is InChI=1S/C14H25N3O3S/c1-10(2)12(13(15)21)14(19)17-8-6-16(7-9-17)5-4-11(18)20-3/h10,12H,4-9H2,1-3H3,(H2,15,21). The number of carbonyl (C=O) groups is 2. The first-order chi connectivity index (χ1) is 9.86. The fourth-order valence-electron chi connectivity index (χ4n) is 2.48. The topological polar surface area (TPSA) is 75.9 Å². The molecule has 0 radical (unpaired) electrons. The number of esters is 1. The highest BCUT2D eigenvalue weighted by Gasteiger charge is 2.31. The Morgan fingerprint density at radius 3 is 2.24 bits per heavy atom. The van der Waals surface area contributed by atoms with E-state index in [0.717, 1.165) is 13.1 Å². The molecule has 0 bridgehead atoms. The van der Waals surface area contributed by atoms with Crippen molar-refractivity contribution in [2.75, 3.05) is 39.8 Å². The molecular formula is C14H25N3O3S. The Hall–Kier alpha value is -1.21. The maximum atomic E-state index is 12.5. The molecular weight excluding hydrogens is 290 g/mol. The molecule has 1 rings (SSSR count). The predicted octanol–water partition coefficient (Wildman–Crippen LogP) is 0.252. The molecule has 0 aromatic heterocycles. The number of nitrogens with two attached hydrogens (primary N) is 1. The molecule has 1 heterocycles. The Labute approximate surface area is 131 Å². The van der Waals surface area contributed by atoms with Crippen molar-refractivity contribution in [1.29, 1.82) is 0 Å². The van der Waals surface area contributed by atoms with E-state index in [1.807, 2.05) is 18.7 Å². The van der Waals surface area contributed by atoms with Crippen LogP contribution >= 0.6 is 12.2 Å². The highest BCUT2D eigenvalue weighted by atomic mass is 32.1. The zero-order valence-corrected chi connectivity index (χ0v) is 13.8. The lowest BCUT2D eigenvalue weighted by Gasteiger charge is -2.36. The van der Waals surface area contributed by atoms with Gasteiger partial charge in [-0.15, -0.1) is 0 Å². The zero-order valence-electron chi connectivity index (χ0n) is 13.0. The van der Waals surface area contributed by atoms with Crippen molar-refractivity contribution in [3.8, 4) is 0 Å². The van der Waals surface area contributed by atoms with E-state index in [1.54, 1.807) is 0 Å². The van der Waals surface area contributed by atoms with Crippen LogP contribution in [0.3, 0.4) is 0 Å². The molecule has 21 heavy (non-hydrogen) atoms. The average Bonchev–Trinajstić information content (AvgIpc) is 2.44. The fourth-order valence-corrected chi connectivity index (χ4v) is 2.85. The summed E-state index contributed by atoms with van der Waals surface area (Å²) in [5, 5.41) is 0. The van der Waals surface area contributed by atoms with Gasteiger partial charge in [-0.3, -0.25) is 14.5 Å². The Morgan fingerprint density at radius 1 is 1.24 bits per heavy atom. The molecule has 0 spiro atoms. The molecule has 1 amide bonds. The number of methoxy groups -OCH3 is 1. The monoisotopic (exact) mass is 315 g/mol. The summed E-state index contributed by atoms with van der Waals surface area (Å²) in [6.07, 6.45) is 0.381. The maximum absolute atomic E-state index is 12.5. The van der Waals surface area contributed by atoms with Crippen LogP contribution in [0.25, 0.3) is 0 Å². The number of nitrogens with zero attached hydrogens (tertiary/aromatic N) is 2. The summed E-state index contributed by atoms with van der Waals surface area (Å²) in [7, 11) is 1.39. The summed E-state index contributed by atoms with van der Waals surface area (Å²) in [4.78, 5) is 27.8. The van der Waals surface area contributed by atoms with Crippen LogP contribution in [0, 0.1) is 11.8 Å². The summed E-state index contributed by atoms with van der Waals surface area (Å²) < 4.78 is 4.63. The molecule has 0 aliphatic carbocycles. The molecule has 1 atom stereocenters. The molecule has 6 nitrogen and oxygen atoms in total. The van der Waals surface area contributed by atoms with Crippen molar-refractivity contribution < 1.29 is 14.3 Å². The van der Waals surface area contributed by atoms with Crippen molar-refractivity contribution in [2.24, 2.45) is 17.6 Å². The molecule has 1 unspecified atom stereocenters. The van der Waals surface area contributed by atoms with Crippen LogP contribution < -0.4 is 5.73 Å². The summed E-state index contributed by atoms with van der Waals surface area (Å²) in [5.41, 5.74) is 5.69. The highest BCUT2D eigenvalue weighted by molar-refractivity contribution is 7.80. The van der Waals surface area contributed by atoms with Gasteiger partial charge in [0.15, 0.2) is 0 Å². The van der Waals surface area contributed by atoms with Crippen LogP contribution in [0.2, 0.25) is 0 Å². The summed E-state index contributed by atoms with van der Waals surface area (Å²) in [5.74, 6) is -0.471. The van der Waals surface area contributed by atoms with E-state index in [-0.39, 0.29) is 28.7 Å². The zero-order chi connectivity index (χ0) is 16.0. The van der Waals surface area contributed by atoms with Crippen molar-refractivity contribution in [1.82, 2.24) is 9.80 Å². The van der Waals surface area contributed by atoms with Crippen molar-refractivity contribution in [2.45, 2.75) is 20.3 Å². The minimum atomic E-state index is -0.387. The van der Waals surface area contributed by atoms with Crippen LogP contribution in [0.5, 0.6) is 0 Å². The lowest BCUT2D eigenvalue weighted by atomic mass is 9.94. The van der Waals surface area contributed by atoms with Crippen LogP contribution in [0.4, 0.5) is 0 Å². The van der Waals surface area contributed by atoms with Gasteiger partial charge < -0.3 is 15.4 Å². The molecule has 7 heteroatoms. The Bertz CT molecular complexity index is 393. The molecule has 0 saturated carbocycles. The third kappa shape index (κ3) is 5.24. The van der Waals surface area contributed by atoms with Gasteiger partial charge in [-0.25, -0.2) is 0 Å². The van der Waals surface area contributed by atoms with Crippen molar-refractivity contribution in [3.63, 3.8) is 0 Å². The van der Waals surface area contributed by atoms with Crippen molar-refractivity contribution >= 4 is 29.1 Å². The normalized spacial score (nSPS) is 17.6. The lowest BCUT2D eigenvalue weighted by molar-refractivity contribution is -0.142. The first-order valence-electron chi connectivity index (χ1n) is 7.24. The van der Waals surface area contributed by atoms with Gasteiger partial charge in [0.2, 0.25) is 5.91 Å². The minimum Gasteiger partial charge on any atom is -0.469 e. The molecule has 0 aromatic rings. The molecule has 1 saturated heterocycles. The van der Waals surface area contributed by atoms with Gasteiger partial charge in [-0.05, 0) is 5.92 Å². The third-order valence-electron chi connectivity index (χ3n) is 3.78. The number of rotatable bonds is 6. The van der Waals surface area contributed by atoms with Gasteiger partial charge in [0.05, 0.1) is 24.4 Å². The Morgan fingerprint density at radius 2 is 1.81 bits per heavy atom. The predicted molar refractivity (Wildman–Crippen MR) is 84.8 cm³/mol. The number of hydrogen-bond acceptors (Lipinski definition) is 5. The van der Waals surface area contributed by atoms with E-state index in [2.05, 4.69) is 9.64 Å². The average molecular weight is 315 g/mol. The second kappa shape index (κ2) is 8.29. The van der Waals surface area contributed by atoms with Gasteiger partial charge in [0.1, 0.15) is 0 Å². The number of ether oxygens (including phenoxy) is 1. The smallest absolute Gasteiger partial charge is 0.306 e.